The molecule has 2 fully saturated rings. The smallest absolute Gasteiger partial charge is 0.325 e. The van der Waals surface area contributed by atoms with Crippen LogP contribution in [0.5, 0.6) is 0 Å². The number of amides is 2. The minimum Gasteiger partial charge on any atom is -0.465 e. The van der Waals surface area contributed by atoms with Crippen LogP contribution in [0.25, 0.3) is 0 Å². The zero-order chi connectivity index (χ0) is 18.9. The fourth-order valence-electron chi connectivity index (χ4n) is 3.43. The van der Waals surface area contributed by atoms with E-state index in [1.54, 1.807) is 18.9 Å². The summed E-state index contributed by atoms with van der Waals surface area (Å²) in [6.45, 7) is 7.45. The van der Waals surface area contributed by atoms with Crippen molar-refractivity contribution in [3.05, 3.63) is 0 Å². The summed E-state index contributed by atoms with van der Waals surface area (Å²) < 4.78 is 10.2. The van der Waals surface area contributed by atoms with Gasteiger partial charge in [0.25, 0.3) is 0 Å². The molecule has 0 aromatic rings. The van der Waals surface area contributed by atoms with Crippen LogP contribution in [0.2, 0.25) is 0 Å². The third kappa shape index (κ3) is 6.25. The Morgan fingerprint density at radius 1 is 1.27 bits per heavy atom. The molecule has 0 saturated carbocycles. The molecule has 1 unspecified atom stereocenters. The molecule has 8 nitrogen and oxygen atoms in total. The number of likely N-dealkylation sites (tertiary alicyclic amines) is 1. The highest BCUT2D eigenvalue weighted by Gasteiger charge is 2.32. The van der Waals surface area contributed by atoms with Crippen LogP contribution in [-0.4, -0.2) is 98.6 Å². The number of likely N-dealkylation sites (N-methyl/N-ethyl adjacent to an activating group) is 1. The van der Waals surface area contributed by atoms with E-state index in [0.717, 1.165) is 39.3 Å². The van der Waals surface area contributed by atoms with Crippen LogP contribution in [0.15, 0.2) is 0 Å². The fraction of sp³-hybridized carbons (Fsp3) is 0.833. The minimum absolute atomic E-state index is 0.0475. The molecule has 0 N–H and O–H groups in total. The van der Waals surface area contributed by atoms with Gasteiger partial charge in [0.2, 0.25) is 11.8 Å². The van der Waals surface area contributed by atoms with Gasteiger partial charge in [-0.1, -0.05) is 0 Å². The van der Waals surface area contributed by atoms with Gasteiger partial charge < -0.3 is 19.3 Å². The monoisotopic (exact) mass is 369 g/mol. The molecule has 8 heteroatoms. The van der Waals surface area contributed by atoms with E-state index < -0.39 is 5.97 Å². The Morgan fingerprint density at radius 2 is 2.00 bits per heavy atom. The van der Waals surface area contributed by atoms with Gasteiger partial charge in [0.1, 0.15) is 6.54 Å². The van der Waals surface area contributed by atoms with Gasteiger partial charge in [-0.3, -0.25) is 19.3 Å². The lowest BCUT2D eigenvalue weighted by molar-refractivity contribution is -0.151. The topological polar surface area (TPSA) is 79.4 Å². The van der Waals surface area contributed by atoms with E-state index in [9.17, 15) is 14.4 Å². The van der Waals surface area contributed by atoms with E-state index >= 15 is 0 Å². The van der Waals surface area contributed by atoms with Crippen molar-refractivity contribution in [2.24, 2.45) is 5.92 Å². The fourth-order valence-corrected chi connectivity index (χ4v) is 3.43. The Labute approximate surface area is 155 Å². The van der Waals surface area contributed by atoms with Crippen LogP contribution in [-0.2, 0) is 23.9 Å². The van der Waals surface area contributed by atoms with Crippen LogP contribution < -0.4 is 0 Å². The predicted molar refractivity (Wildman–Crippen MR) is 95.5 cm³/mol. The van der Waals surface area contributed by atoms with Gasteiger partial charge in [-0.05, 0) is 19.8 Å². The van der Waals surface area contributed by atoms with Gasteiger partial charge in [0, 0.05) is 46.2 Å². The van der Waals surface area contributed by atoms with Crippen molar-refractivity contribution in [2.75, 3.05) is 66.1 Å². The molecule has 2 rings (SSSR count). The maximum atomic E-state index is 12.6. The normalized spacial score (nSPS) is 21.5. The van der Waals surface area contributed by atoms with Crippen molar-refractivity contribution in [1.82, 2.24) is 14.7 Å². The van der Waals surface area contributed by atoms with Gasteiger partial charge in [-0.25, -0.2) is 0 Å². The average Bonchev–Trinajstić information content (AvgIpc) is 2.63. The van der Waals surface area contributed by atoms with E-state index in [0.29, 0.717) is 32.5 Å². The quantitative estimate of drug-likeness (QED) is 0.559. The lowest BCUT2D eigenvalue weighted by atomic mass is 9.96. The molecule has 2 saturated heterocycles. The molecule has 2 heterocycles. The van der Waals surface area contributed by atoms with Gasteiger partial charge >= 0.3 is 5.97 Å². The lowest BCUT2D eigenvalue weighted by Crippen LogP contribution is -2.48. The molecule has 0 aromatic carbocycles. The maximum absolute atomic E-state index is 12.6. The first-order valence-corrected chi connectivity index (χ1v) is 9.49. The first-order valence-electron chi connectivity index (χ1n) is 9.49. The molecule has 0 aromatic heterocycles. The third-order valence-corrected chi connectivity index (χ3v) is 4.90. The Bertz CT molecular complexity index is 493. The minimum atomic E-state index is -0.405. The van der Waals surface area contributed by atoms with Gasteiger partial charge in [0.05, 0.1) is 25.7 Å². The van der Waals surface area contributed by atoms with Crippen molar-refractivity contribution in [1.29, 1.82) is 0 Å². The predicted octanol–water partition coefficient (Wildman–Crippen LogP) is -0.0312. The van der Waals surface area contributed by atoms with E-state index in [2.05, 4.69) is 4.90 Å². The summed E-state index contributed by atoms with van der Waals surface area (Å²) in [6, 6.07) is 0. The Hall–Kier alpha value is -1.67. The standard InChI is InChI=1S/C18H31N3O5/c1-3-26-17(23)14-19(2)18(24)15-5-6-16(22)21(13-15)8-4-7-20-9-11-25-12-10-20/h15H,3-14H2,1-2H3. The number of morpholine rings is 1. The summed E-state index contributed by atoms with van der Waals surface area (Å²) in [5, 5.41) is 0. The average molecular weight is 369 g/mol. The molecule has 0 radical (unpaired) electrons. The number of piperidine rings is 1. The summed E-state index contributed by atoms with van der Waals surface area (Å²) >= 11 is 0. The number of ether oxygens (including phenoxy) is 2. The highest BCUT2D eigenvalue weighted by molar-refractivity contribution is 5.86. The van der Waals surface area contributed by atoms with Crippen molar-refractivity contribution in [3.63, 3.8) is 0 Å². The SMILES string of the molecule is CCOC(=O)CN(C)C(=O)C1CCC(=O)N(CCCN2CCOCC2)C1. The summed E-state index contributed by atoms with van der Waals surface area (Å²) in [5.74, 6) is -0.624. The summed E-state index contributed by atoms with van der Waals surface area (Å²) in [6.07, 6.45) is 1.83. The molecule has 2 amide bonds. The summed E-state index contributed by atoms with van der Waals surface area (Å²) in [4.78, 5) is 41.8. The summed E-state index contributed by atoms with van der Waals surface area (Å²) in [5.41, 5.74) is 0. The van der Waals surface area contributed by atoms with Crippen molar-refractivity contribution in [3.8, 4) is 0 Å². The second-order valence-corrected chi connectivity index (χ2v) is 6.88. The van der Waals surface area contributed by atoms with Crippen molar-refractivity contribution < 1.29 is 23.9 Å². The second-order valence-electron chi connectivity index (χ2n) is 6.88. The summed E-state index contributed by atoms with van der Waals surface area (Å²) in [7, 11) is 1.61. The van der Waals surface area contributed by atoms with E-state index in [-0.39, 0.29) is 24.3 Å². The highest BCUT2D eigenvalue weighted by Crippen LogP contribution is 2.20. The zero-order valence-corrected chi connectivity index (χ0v) is 15.9. The van der Waals surface area contributed by atoms with Crippen LogP contribution in [0, 0.1) is 5.92 Å². The molecule has 0 spiro atoms. The number of rotatable bonds is 8. The molecule has 26 heavy (non-hydrogen) atoms. The molecule has 2 aliphatic heterocycles. The molecule has 2 aliphatic rings. The first-order chi connectivity index (χ1) is 12.5. The Morgan fingerprint density at radius 3 is 2.69 bits per heavy atom. The Balaban J connectivity index is 1.77. The van der Waals surface area contributed by atoms with Gasteiger partial charge in [0.15, 0.2) is 0 Å². The van der Waals surface area contributed by atoms with Gasteiger partial charge in [-0.15, -0.1) is 0 Å². The van der Waals surface area contributed by atoms with Gasteiger partial charge in [-0.2, -0.15) is 0 Å². The Kier molecular flexibility index (Phi) is 8.31. The van der Waals surface area contributed by atoms with Crippen molar-refractivity contribution >= 4 is 17.8 Å². The molecule has 148 valence electrons. The third-order valence-electron chi connectivity index (χ3n) is 4.90. The largest absolute Gasteiger partial charge is 0.465 e. The van der Waals surface area contributed by atoms with Crippen LogP contribution >= 0.6 is 0 Å². The van der Waals surface area contributed by atoms with E-state index in [1.807, 2.05) is 0 Å². The second kappa shape index (κ2) is 10.5. The number of carbonyl (C=O) groups excluding carboxylic acids is 3. The molecule has 0 bridgehead atoms. The van der Waals surface area contributed by atoms with E-state index in [1.165, 1.54) is 4.90 Å². The first kappa shape index (κ1) is 20.6. The highest BCUT2D eigenvalue weighted by atomic mass is 16.5. The lowest BCUT2D eigenvalue weighted by Gasteiger charge is -2.34. The van der Waals surface area contributed by atoms with Crippen LogP contribution in [0.1, 0.15) is 26.2 Å². The number of hydrogen-bond donors (Lipinski definition) is 0. The van der Waals surface area contributed by atoms with Crippen LogP contribution in [0.4, 0.5) is 0 Å². The number of esters is 1. The van der Waals surface area contributed by atoms with Crippen molar-refractivity contribution in [2.45, 2.75) is 26.2 Å². The molecule has 0 aliphatic carbocycles. The molecule has 1 atom stereocenters. The number of nitrogens with zero attached hydrogens (tertiary/aromatic N) is 3. The molecular weight excluding hydrogens is 338 g/mol. The van der Waals surface area contributed by atoms with E-state index in [4.69, 9.17) is 9.47 Å². The number of hydrogen-bond acceptors (Lipinski definition) is 6. The number of carbonyl (C=O) groups is 3. The molecular formula is C18H31N3O5. The maximum Gasteiger partial charge on any atom is 0.325 e. The van der Waals surface area contributed by atoms with Crippen LogP contribution in [0.3, 0.4) is 0 Å². The zero-order valence-electron chi connectivity index (χ0n) is 15.9.